The number of nitrogens with zero attached hydrogens (tertiary/aromatic N) is 5. The monoisotopic (exact) mass is 355 g/mol. The van der Waals surface area contributed by atoms with Gasteiger partial charge in [-0.15, -0.1) is 0 Å². The lowest BCUT2D eigenvalue weighted by Crippen LogP contribution is -2.27. The van der Waals surface area contributed by atoms with Crippen molar-refractivity contribution in [3.63, 3.8) is 0 Å². The normalized spacial score (nSPS) is 10.9. The molecule has 0 saturated carbocycles. The van der Waals surface area contributed by atoms with Crippen LogP contribution in [0.3, 0.4) is 0 Å². The number of rotatable bonds is 7. The van der Waals surface area contributed by atoms with Crippen LogP contribution in [0.4, 0.5) is 4.39 Å². The minimum Gasteiger partial charge on any atom is -0.341 e. The Hall–Kier alpha value is -2.96. The molecule has 7 heteroatoms. The Morgan fingerprint density at radius 3 is 2.77 bits per heavy atom. The van der Waals surface area contributed by atoms with Gasteiger partial charge in [-0.2, -0.15) is 5.10 Å². The van der Waals surface area contributed by atoms with Crippen LogP contribution in [0.25, 0.3) is 5.69 Å². The number of amides is 1. The van der Waals surface area contributed by atoms with Gasteiger partial charge in [0.25, 0.3) is 0 Å². The third-order valence-corrected chi connectivity index (χ3v) is 4.26. The number of aryl methyl sites for hydroxylation is 2. The van der Waals surface area contributed by atoms with Crippen LogP contribution >= 0.6 is 0 Å². The van der Waals surface area contributed by atoms with Crippen LogP contribution in [0.1, 0.15) is 24.7 Å². The standard InChI is InChI=1S/C19H22FN5O/c1-3-18-21-9-11-24(18)10-8-19(26)23(2)13-15-12-22-25(14-15)17-6-4-16(20)5-7-17/h4-7,9,11-12,14H,3,8,10,13H2,1-2H3. The first-order valence-electron chi connectivity index (χ1n) is 8.60. The molecule has 0 aliphatic heterocycles. The Labute approximate surface area is 151 Å². The number of carbonyl (C=O) groups excluding carboxylic acids is 1. The quantitative estimate of drug-likeness (QED) is 0.655. The molecule has 3 rings (SSSR count). The molecule has 0 unspecified atom stereocenters. The van der Waals surface area contributed by atoms with E-state index in [9.17, 15) is 9.18 Å². The van der Waals surface area contributed by atoms with Crippen molar-refractivity contribution in [2.24, 2.45) is 0 Å². The second kappa shape index (κ2) is 7.95. The third kappa shape index (κ3) is 4.17. The summed E-state index contributed by atoms with van der Waals surface area (Å²) in [5, 5.41) is 4.28. The Morgan fingerprint density at radius 1 is 1.27 bits per heavy atom. The summed E-state index contributed by atoms with van der Waals surface area (Å²) >= 11 is 0. The fraction of sp³-hybridized carbons (Fsp3) is 0.316. The maximum Gasteiger partial charge on any atom is 0.224 e. The molecule has 26 heavy (non-hydrogen) atoms. The molecular formula is C19H22FN5O. The molecule has 0 spiro atoms. The minimum atomic E-state index is -0.282. The predicted molar refractivity (Wildman–Crippen MR) is 96.2 cm³/mol. The number of halogens is 1. The molecule has 0 atom stereocenters. The summed E-state index contributed by atoms with van der Waals surface area (Å²) in [5.74, 6) is 0.770. The lowest BCUT2D eigenvalue weighted by Gasteiger charge is -2.16. The van der Waals surface area contributed by atoms with E-state index in [0.29, 0.717) is 19.5 Å². The van der Waals surface area contributed by atoms with E-state index < -0.39 is 0 Å². The first-order valence-corrected chi connectivity index (χ1v) is 8.60. The minimum absolute atomic E-state index is 0.0651. The SMILES string of the molecule is CCc1nccn1CCC(=O)N(C)Cc1cnn(-c2ccc(F)cc2)c1. The zero-order valence-corrected chi connectivity index (χ0v) is 15.0. The maximum absolute atomic E-state index is 13.0. The summed E-state index contributed by atoms with van der Waals surface area (Å²) in [6.45, 7) is 3.15. The Balaban J connectivity index is 1.56. The molecule has 0 fully saturated rings. The van der Waals surface area contributed by atoms with E-state index in [1.54, 1.807) is 41.2 Å². The average Bonchev–Trinajstić information content (AvgIpc) is 3.29. The molecule has 0 aliphatic carbocycles. The molecule has 0 N–H and O–H groups in total. The van der Waals surface area contributed by atoms with Gasteiger partial charge in [0.1, 0.15) is 11.6 Å². The van der Waals surface area contributed by atoms with Crippen molar-refractivity contribution >= 4 is 5.91 Å². The molecule has 2 aromatic heterocycles. The molecule has 136 valence electrons. The van der Waals surface area contributed by atoms with E-state index in [2.05, 4.69) is 10.1 Å². The molecule has 0 radical (unpaired) electrons. The van der Waals surface area contributed by atoms with Crippen LogP contribution in [0.2, 0.25) is 0 Å². The van der Waals surface area contributed by atoms with Gasteiger partial charge >= 0.3 is 0 Å². The van der Waals surface area contributed by atoms with E-state index in [0.717, 1.165) is 23.5 Å². The van der Waals surface area contributed by atoms with Crippen molar-refractivity contribution in [1.29, 1.82) is 0 Å². The summed E-state index contributed by atoms with van der Waals surface area (Å²) < 4.78 is 16.7. The largest absolute Gasteiger partial charge is 0.341 e. The Kier molecular flexibility index (Phi) is 5.46. The topological polar surface area (TPSA) is 56.0 Å². The molecular weight excluding hydrogens is 333 g/mol. The fourth-order valence-corrected chi connectivity index (χ4v) is 2.80. The number of carbonyl (C=O) groups is 1. The number of imidazole rings is 1. The number of benzene rings is 1. The van der Waals surface area contributed by atoms with E-state index in [1.165, 1.54) is 12.1 Å². The number of aromatic nitrogens is 4. The van der Waals surface area contributed by atoms with Crippen LogP contribution < -0.4 is 0 Å². The van der Waals surface area contributed by atoms with E-state index in [1.807, 2.05) is 23.9 Å². The molecule has 0 bridgehead atoms. The molecule has 1 amide bonds. The second-order valence-electron chi connectivity index (χ2n) is 6.16. The molecule has 2 heterocycles. The highest BCUT2D eigenvalue weighted by atomic mass is 19.1. The van der Waals surface area contributed by atoms with Crippen LogP contribution in [-0.2, 0) is 24.3 Å². The average molecular weight is 355 g/mol. The summed E-state index contributed by atoms with van der Waals surface area (Å²) in [7, 11) is 1.78. The maximum atomic E-state index is 13.0. The van der Waals surface area contributed by atoms with Crippen molar-refractivity contribution < 1.29 is 9.18 Å². The van der Waals surface area contributed by atoms with Crippen molar-refractivity contribution in [3.8, 4) is 5.69 Å². The van der Waals surface area contributed by atoms with Gasteiger partial charge in [0.15, 0.2) is 0 Å². The lowest BCUT2D eigenvalue weighted by molar-refractivity contribution is -0.130. The zero-order valence-electron chi connectivity index (χ0n) is 15.0. The van der Waals surface area contributed by atoms with Crippen molar-refractivity contribution in [2.45, 2.75) is 32.9 Å². The van der Waals surface area contributed by atoms with Crippen LogP contribution in [0.15, 0.2) is 49.1 Å². The van der Waals surface area contributed by atoms with Crippen LogP contribution in [0, 0.1) is 5.82 Å². The van der Waals surface area contributed by atoms with Gasteiger partial charge < -0.3 is 9.47 Å². The smallest absolute Gasteiger partial charge is 0.224 e. The summed E-state index contributed by atoms with van der Waals surface area (Å²) in [5.41, 5.74) is 1.70. The van der Waals surface area contributed by atoms with E-state index in [4.69, 9.17) is 0 Å². The van der Waals surface area contributed by atoms with Gasteiger partial charge in [0.05, 0.1) is 11.9 Å². The highest BCUT2D eigenvalue weighted by molar-refractivity contribution is 5.75. The highest BCUT2D eigenvalue weighted by Gasteiger charge is 2.12. The van der Waals surface area contributed by atoms with Gasteiger partial charge in [-0.1, -0.05) is 6.92 Å². The number of hydrogen-bond donors (Lipinski definition) is 0. The van der Waals surface area contributed by atoms with E-state index in [-0.39, 0.29) is 11.7 Å². The van der Waals surface area contributed by atoms with Crippen LogP contribution in [-0.4, -0.2) is 37.2 Å². The first kappa shape index (κ1) is 17.8. The lowest BCUT2D eigenvalue weighted by atomic mass is 10.3. The van der Waals surface area contributed by atoms with Gasteiger partial charge in [-0.25, -0.2) is 14.1 Å². The van der Waals surface area contributed by atoms with Crippen molar-refractivity contribution in [2.75, 3.05) is 7.05 Å². The summed E-state index contributed by atoms with van der Waals surface area (Å²) in [4.78, 5) is 18.3. The predicted octanol–water partition coefficient (Wildman–Crippen LogP) is 2.82. The molecule has 1 aromatic carbocycles. The highest BCUT2D eigenvalue weighted by Crippen LogP contribution is 2.11. The second-order valence-corrected chi connectivity index (χ2v) is 6.16. The van der Waals surface area contributed by atoms with Crippen LogP contribution in [0.5, 0.6) is 0 Å². The molecule has 6 nitrogen and oxygen atoms in total. The van der Waals surface area contributed by atoms with Gasteiger partial charge in [0, 0.05) is 57.1 Å². The van der Waals surface area contributed by atoms with E-state index >= 15 is 0 Å². The molecule has 0 aliphatic rings. The summed E-state index contributed by atoms with van der Waals surface area (Å²) in [6.07, 6.45) is 8.50. The van der Waals surface area contributed by atoms with Gasteiger partial charge in [0.2, 0.25) is 5.91 Å². The molecule has 3 aromatic rings. The Morgan fingerprint density at radius 2 is 2.04 bits per heavy atom. The number of hydrogen-bond acceptors (Lipinski definition) is 3. The molecule has 0 saturated heterocycles. The third-order valence-electron chi connectivity index (χ3n) is 4.26. The van der Waals surface area contributed by atoms with Gasteiger partial charge in [-0.3, -0.25) is 4.79 Å². The van der Waals surface area contributed by atoms with Crippen molar-refractivity contribution in [3.05, 3.63) is 66.3 Å². The van der Waals surface area contributed by atoms with Gasteiger partial charge in [-0.05, 0) is 24.3 Å². The summed E-state index contributed by atoms with van der Waals surface area (Å²) in [6, 6.07) is 6.12. The first-order chi connectivity index (χ1) is 12.6. The zero-order chi connectivity index (χ0) is 18.5. The Bertz CT molecular complexity index is 868. The fourth-order valence-electron chi connectivity index (χ4n) is 2.80. The van der Waals surface area contributed by atoms with Crippen molar-refractivity contribution in [1.82, 2.24) is 24.2 Å².